The van der Waals surface area contributed by atoms with Gasteiger partial charge in [-0.2, -0.15) is 19.4 Å². The number of hydrogen-bond acceptors (Lipinski definition) is 21. The van der Waals surface area contributed by atoms with E-state index in [0.717, 1.165) is 85.8 Å². The first kappa shape index (κ1) is 66.8. The molecular formula is C50H53Li3N10O9S5. The second-order valence-corrected chi connectivity index (χ2v) is 22.6. The van der Waals surface area contributed by atoms with Crippen molar-refractivity contribution in [2.24, 2.45) is 10.2 Å². The summed E-state index contributed by atoms with van der Waals surface area (Å²) in [4.78, 5) is 18.4. The number of benzene rings is 4. The molecule has 390 valence electrons. The number of aromatic nitrogens is 5. The van der Waals surface area contributed by atoms with Crippen LogP contribution in [0, 0.1) is 45.9 Å². The van der Waals surface area contributed by atoms with Crippen LogP contribution in [0.15, 0.2) is 81.9 Å². The van der Waals surface area contributed by atoms with Gasteiger partial charge in [-0.05, 0) is 130 Å². The van der Waals surface area contributed by atoms with Crippen molar-refractivity contribution in [2.45, 2.75) is 92.9 Å². The second kappa shape index (κ2) is 29.1. The molecule has 0 saturated carbocycles. The Labute approximate surface area is 497 Å². The summed E-state index contributed by atoms with van der Waals surface area (Å²) in [5.41, 5.74) is 14.0. The number of nitriles is 1. The molecule has 8 rings (SSSR count). The largest absolute Gasteiger partial charge is 1.00 e. The average Bonchev–Trinajstić information content (AvgIpc) is 4.04. The molecule has 27 heteroatoms. The summed E-state index contributed by atoms with van der Waals surface area (Å²) in [5, 5.41) is 44.0. The summed E-state index contributed by atoms with van der Waals surface area (Å²) in [6, 6.07) is 25.1. The van der Waals surface area contributed by atoms with E-state index in [1.165, 1.54) is 39.2 Å². The van der Waals surface area contributed by atoms with Gasteiger partial charge in [-0.3, -0.25) is 9.94 Å². The molecule has 0 aliphatic heterocycles. The quantitative estimate of drug-likeness (QED) is 0.0385. The molecule has 77 heavy (non-hydrogen) atoms. The molecule has 1 N–H and O–H groups in total. The van der Waals surface area contributed by atoms with Crippen molar-refractivity contribution < 1.29 is 97.2 Å². The van der Waals surface area contributed by atoms with E-state index in [0.29, 0.717) is 51.1 Å². The molecule has 0 amide bonds. The first-order valence-electron chi connectivity index (χ1n) is 22.9. The SMILES string of the molecule is CCc1cc(C)cc(CC)c1Nc1nc(N(c2nc3ccc(C)cc3s2)c2c(CC)cc(C)cc2CC)cc(C)c1N=Nc1c(C#N)c(C)nn1-c1nc2ccc(SOO[O-])cc2s1.CS(=O)(=O)[O-].CS(=O)(=O)[O-].[Li+].[Li+].[Li+]. The number of nitrogens with one attached hydrogen (secondary N) is 1. The van der Waals surface area contributed by atoms with Crippen molar-refractivity contribution in [3.63, 3.8) is 0 Å². The molecular weight excluding hydrogens is 1070 g/mol. The molecule has 0 atom stereocenters. The predicted molar refractivity (Wildman–Crippen MR) is 288 cm³/mol. The minimum Gasteiger partial charge on any atom is -0.748 e. The van der Waals surface area contributed by atoms with Gasteiger partial charge in [-0.15, -0.1) is 10.2 Å². The summed E-state index contributed by atoms with van der Waals surface area (Å²) in [6.07, 6.45) is 4.45. The summed E-state index contributed by atoms with van der Waals surface area (Å²) in [7, 11) is -7.83. The smallest absolute Gasteiger partial charge is 0.748 e. The third-order valence-electron chi connectivity index (χ3n) is 11.1. The van der Waals surface area contributed by atoms with Crippen LogP contribution in [-0.4, -0.2) is 63.2 Å². The summed E-state index contributed by atoms with van der Waals surface area (Å²) < 4.78 is 62.4. The zero-order valence-corrected chi connectivity index (χ0v) is 49.5. The van der Waals surface area contributed by atoms with Gasteiger partial charge in [0.2, 0.25) is 5.13 Å². The van der Waals surface area contributed by atoms with Crippen LogP contribution in [0.3, 0.4) is 0 Å². The van der Waals surface area contributed by atoms with E-state index >= 15 is 0 Å². The molecule has 19 nitrogen and oxygen atoms in total. The topological polar surface area (TPSA) is 276 Å². The Bertz CT molecular complexity index is 3580. The van der Waals surface area contributed by atoms with Crippen LogP contribution in [0.5, 0.6) is 0 Å². The summed E-state index contributed by atoms with van der Waals surface area (Å²) >= 11 is 3.79. The molecule has 0 spiro atoms. The van der Waals surface area contributed by atoms with Gasteiger partial charge in [0.05, 0.1) is 64.1 Å². The monoisotopic (exact) mass is 1120 g/mol. The standard InChI is InChI=1S/C48H48N10O3S3.2CH4O3S.3Li/c1-10-31-18-27(6)19-32(11-2)43(31)53-45-42(54-55-46-36(25-49)30(9)56-58(46)48-51-38-17-15-35(64-61-60-59)24-40(38)63-48)29(8)23-41(52-45)57(44-33(12-3)20-28(7)21-34(44)13-4)47-50-37-16-14-26(5)22-39(37)62-47;2*1-5(2,3)4;;;/h14-24,59H,10-13H2,1-9H3,(H,52,53);2*1H3,(H,2,3,4);;;/q;;;3*+1/p-3. The first-order valence-corrected chi connectivity index (χ1v) is 29.0. The van der Waals surface area contributed by atoms with Crippen molar-refractivity contribution in [1.29, 1.82) is 5.26 Å². The van der Waals surface area contributed by atoms with Crippen molar-refractivity contribution in [1.82, 2.24) is 24.7 Å². The van der Waals surface area contributed by atoms with E-state index in [9.17, 15) is 10.5 Å². The van der Waals surface area contributed by atoms with Gasteiger partial charge in [-0.25, -0.2) is 31.8 Å². The Morgan fingerprint density at radius 3 is 1.81 bits per heavy atom. The van der Waals surface area contributed by atoms with Gasteiger partial charge in [0, 0.05) is 23.1 Å². The molecule has 4 aromatic carbocycles. The van der Waals surface area contributed by atoms with Crippen LogP contribution >= 0.6 is 34.7 Å². The average molecular weight is 1120 g/mol. The van der Waals surface area contributed by atoms with Crippen LogP contribution in [-0.2, 0) is 55.3 Å². The van der Waals surface area contributed by atoms with Gasteiger partial charge < -0.3 is 19.7 Å². The third-order valence-corrected chi connectivity index (χ3v) is 13.6. The maximum atomic E-state index is 10.5. The second-order valence-electron chi connectivity index (χ2n) is 17.0. The Hall–Kier alpha value is -4.45. The third kappa shape index (κ3) is 17.5. The van der Waals surface area contributed by atoms with E-state index in [1.54, 1.807) is 29.0 Å². The Morgan fingerprint density at radius 2 is 1.26 bits per heavy atom. The van der Waals surface area contributed by atoms with Crippen molar-refractivity contribution in [3.05, 3.63) is 122 Å². The number of fused-ring (bicyclic) bond motifs is 2. The minimum absolute atomic E-state index is 0. The van der Waals surface area contributed by atoms with Gasteiger partial charge >= 0.3 is 56.6 Å². The fourth-order valence-corrected chi connectivity index (χ4v) is 10.5. The molecule has 4 aromatic heterocycles. The summed E-state index contributed by atoms with van der Waals surface area (Å²) in [5.74, 6) is 1.42. The van der Waals surface area contributed by atoms with E-state index < -0.39 is 20.2 Å². The van der Waals surface area contributed by atoms with Crippen LogP contribution in [0.4, 0.5) is 39.6 Å². The molecule has 0 fully saturated rings. The van der Waals surface area contributed by atoms with E-state index in [-0.39, 0.29) is 68.0 Å². The van der Waals surface area contributed by atoms with Crippen molar-refractivity contribution in [2.75, 3.05) is 22.7 Å². The number of rotatable bonds is 15. The van der Waals surface area contributed by atoms with Gasteiger partial charge in [0.25, 0.3) is 0 Å². The Balaban J connectivity index is 0.00000110. The molecule has 0 bridgehead atoms. The van der Waals surface area contributed by atoms with Crippen LogP contribution < -0.4 is 72.1 Å². The number of pyridine rings is 1. The Kier molecular flexibility index (Phi) is 25.3. The van der Waals surface area contributed by atoms with E-state index in [2.05, 4.69) is 117 Å². The number of hydrogen-bond donors (Lipinski definition) is 1. The maximum absolute atomic E-state index is 10.5. The molecule has 0 saturated heterocycles. The fourth-order valence-electron chi connectivity index (χ4n) is 8.00. The number of thiazole rings is 2. The molecule has 0 unspecified atom stereocenters. The van der Waals surface area contributed by atoms with Crippen LogP contribution in [0.2, 0.25) is 0 Å². The number of azo groups is 1. The van der Waals surface area contributed by atoms with Gasteiger partial charge in [0.15, 0.2) is 16.8 Å². The number of nitrogens with zero attached hydrogens (tertiary/aromatic N) is 9. The zero-order valence-electron chi connectivity index (χ0n) is 45.4. The van der Waals surface area contributed by atoms with E-state index in [4.69, 9.17) is 56.2 Å². The molecule has 4 heterocycles. The molecule has 0 aliphatic rings. The Morgan fingerprint density at radius 1 is 0.727 bits per heavy atom. The van der Waals surface area contributed by atoms with Crippen molar-refractivity contribution >= 4 is 115 Å². The number of anilines is 5. The molecule has 0 radical (unpaired) electrons. The normalized spacial score (nSPS) is 11.2. The van der Waals surface area contributed by atoms with Crippen LogP contribution in [0.25, 0.3) is 25.6 Å². The van der Waals surface area contributed by atoms with Gasteiger partial charge in [-0.1, -0.05) is 91.8 Å². The molecule has 0 aliphatic carbocycles. The number of aryl methyl sites for hydroxylation is 9. The van der Waals surface area contributed by atoms with Crippen molar-refractivity contribution in [3.8, 4) is 11.2 Å². The zero-order chi connectivity index (χ0) is 54.2. The fraction of sp³-hybridized carbons (Fsp3) is 0.300. The van der Waals surface area contributed by atoms with Gasteiger partial charge in [0.1, 0.15) is 23.1 Å². The first-order chi connectivity index (χ1) is 35.0. The van der Waals surface area contributed by atoms with Crippen LogP contribution in [0.1, 0.15) is 83.5 Å². The summed E-state index contributed by atoms with van der Waals surface area (Å²) in [6.45, 7) is 18.8. The maximum Gasteiger partial charge on any atom is 1.00 e. The molecule has 8 aromatic rings. The predicted octanol–water partition coefficient (Wildman–Crippen LogP) is 2.34. The van der Waals surface area contributed by atoms with E-state index in [1.807, 2.05) is 25.1 Å². The minimum atomic E-state index is -3.92.